The molecule has 0 radical (unpaired) electrons. The Morgan fingerprint density at radius 1 is 1.22 bits per heavy atom. The highest BCUT2D eigenvalue weighted by atomic mass is 35.5. The first-order valence-electron chi connectivity index (χ1n) is 12.2. The second-order valence-electron chi connectivity index (χ2n) is 9.67. The number of nitrogens with zero attached hydrogens (tertiary/aromatic N) is 2. The summed E-state index contributed by atoms with van der Waals surface area (Å²) < 4.78 is 37.4. The van der Waals surface area contributed by atoms with E-state index in [1.165, 1.54) is 12.1 Å². The number of amides is 1. The van der Waals surface area contributed by atoms with E-state index in [9.17, 15) is 13.6 Å². The van der Waals surface area contributed by atoms with Gasteiger partial charge in [-0.15, -0.1) is 0 Å². The predicted octanol–water partition coefficient (Wildman–Crippen LogP) is 7.25. The number of ether oxygens (including phenoxy) is 2. The fourth-order valence-corrected chi connectivity index (χ4v) is 5.55. The molecule has 2 aromatic carbocycles. The highest BCUT2D eigenvalue weighted by molar-refractivity contribution is 6.42. The molecule has 1 saturated carbocycles. The number of carbonyl (C=O) groups excluding carboxylic acids is 1. The molecule has 1 amide bonds. The van der Waals surface area contributed by atoms with Crippen LogP contribution in [0.1, 0.15) is 45.4 Å². The SMILES string of the molecule is C[C@@](CC1CCCC1)(OC(N)=O)C(CCn1cnc2cc(Cl)c(Cl)cc21)Nc1ccc(OC(F)F)cc1. The first kappa shape index (κ1) is 27.3. The highest BCUT2D eigenvalue weighted by Crippen LogP contribution is 2.37. The summed E-state index contributed by atoms with van der Waals surface area (Å²) in [5.41, 5.74) is 6.82. The summed E-state index contributed by atoms with van der Waals surface area (Å²) in [5, 5.41) is 4.31. The Morgan fingerprint density at radius 2 is 1.89 bits per heavy atom. The number of halogens is 4. The van der Waals surface area contributed by atoms with Crippen molar-refractivity contribution < 1.29 is 23.0 Å². The zero-order valence-electron chi connectivity index (χ0n) is 20.4. The minimum atomic E-state index is -2.90. The Labute approximate surface area is 224 Å². The highest BCUT2D eigenvalue weighted by Gasteiger charge is 2.40. The van der Waals surface area contributed by atoms with E-state index in [0.29, 0.717) is 41.0 Å². The van der Waals surface area contributed by atoms with E-state index < -0.39 is 18.3 Å². The molecule has 2 atom stereocenters. The number of hydrogen-bond acceptors (Lipinski definition) is 5. The summed E-state index contributed by atoms with van der Waals surface area (Å²) >= 11 is 12.4. The van der Waals surface area contributed by atoms with E-state index >= 15 is 0 Å². The molecule has 1 aliphatic carbocycles. The summed E-state index contributed by atoms with van der Waals surface area (Å²) in [6.07, 6.45) is 6.47. The molecule has 0 bridgehead atoms. The molecular formula is C26H30Cl2F2N4O3. The second kappa shape index (κ2) is 11.7. The van der Waals surface area contributed by atoms with Gasteiger partial charge >= 0.3 is 12.7 Å². The first-order chi connectivity index (χ1) is 17.6. The van der Waals surface area contributed by atoms with Crippen molar-refractivity contribution in [2.75, 3.05) is 5.32 Å². The zero-order chi connectivity index (χ0) is 26.6. The minimum Gasteiger partial charge on any atom is -0.441 e. The van der Waals surface area contributed by atoms with E-state index in [4.69, 9.17) is 33.7 Å². The number of fused-ring (bicyclic) bond motifs is 1. The minimum absolute atomic E-state index is 0.0552. The average Bonchev–Trinajstić information content (AvgIpc) is 3.47. The van der Waals surface area contributed by atoms with Gasteiger partial charge in [-0.05, 0) is 62.1 Å². The van der Waals surface area contributed by atoms with Gasteiger partial charge in [-0.25, -0.2) is 9.78 Å². The first-order valence-corrected chi connectivity index (χ1v) is 13.0. The van der Waals surface area contributed by atoms with Crippen molar-refractivity contribution in [2.24, 2.45) is 11.7 Å². The van der Waals surface area contributed by atoms with Crippen molar-refractivity contribution in [3.63, 3.8) is 0 Å². The summed E-state index contributed by atoms with van der Waals surface area (Å²) in [5.74, 6) is 0.463. The standard InChI is InChI=1S/C26H30Cl2F2N4O3/c1-26(37-25(31)35,14-16-4-2-3-5-16)23(33-17-6-8-18(9-7-17)36-24(29)30)10-11-34-15-32-21-12-19(27)20(28)13-22(21)34/h6-9,12-13,15-16,23-24,33H,2-5,10-11,14H2,1H3,(H2,31,35)/t23?,26-/m0/s1. The molecule has 1 heterocycles. The Morgan fingerprint density at radius 3 is 2.54 bits per heavy atom. The number of imidazole rings is 1. The normalized spacial score (nSPS) is 16.6. The van der Waals surface area contributed by atoms with Crippen LogP contribution in [0.5, 0.6) is 5.75 Å². The summed E-state index contributed by atoms with van der Waals surface area (Å²) in [6, 6.07) is 9.36. The molecular weight excluding hydrogens is 525 g/mol. The lowest BCUT2D eigenvalue weighted by atomic mass is 9.83. The van der Waals surface area contributed by atoms with Crippen LogP contribution in [-0.2, 0) is 11.3 Å². The van der Waals surface area contributed by atoms with Crippen LogP contribution in [0.4, 0.5) is 19.3 Å². The quantitative estimate of drug-likeness (QED) is 0.260. The number of benzene rings is 2. The summed E-state index contributed by atoms with van der Waals surface area (Å²) in [6.45, 7) is -0.482. The predicted molar refractivity (Wildman–Crippen MR) is 141 cm³/mol. The summed E-state index contributed by atoms with van der Waals surface area (Å²) in [7, 11) is 0. The molecule has 3 aromatic rings. The fraction of sp³-hybridized carbons (Fsp3) is 0.462. The number of carbonyl (C=O) groups is 1. The number of nitrogens with one attached hydrogen (secondary N) is 1. The Balaban J connectivity index is 1.61. The number of alkyl halides is 2. The van der Waals surface area contributed by atoms with E-state index in [-0.39, 0.29) is 11.8 Å². The molecule has 1 unspecified atom stereocenters. The number of rotatable bonds is 11. The van der Waals surface area contributed by atoms with Crippen molar-refractivity contribution in [3.8, 4) is 5.75 Å². The lowest BCUT2D eigenvalue weighted by Crippen LogP contribution is -2.50. The van der Waals surface area contributed by atoms with Crippen LogP contribution in [0.2, 0.25) is 10.0 Å². The van der Waals surface area contributed by atoms with Crippen LogP contribution >= 0.6 is 23.2 Å². The van der Waals surface area contributed by atoms with Crippen LogP contribution in [0.25, 0.3) is 11.0 Å². The maximum atomic E-state index is 12.6. The van der Waals surface area contributed by atoms with Crippen molar-refractivity contribution in [1.82, 2.24) is 9.55 Å². The van der Waals surface area contributed by atoms with Gasteiger partial charge in [0.25, 0.3) is 0 Å². The van der Waals surface area contributed by atoms with Gasteiger partial charge in [0, 0.05) is 12.2 Å². The van der Waals surface area contributed by atoms with Crippen LogP contribution in [0, 0.1) is 5.92 Å². The van der Waals surface area contributed by atoms with Gasteiger partial charge in [0.05, 0.1) is 33.4 Å². The molecule has 1 fully saturated rings. The zero-order valence-corrected chi connectivity index (χ0v) is 21.9. The smallest absolute Gasteiger partial charge is 0.405 e. The largest absolute Gasteiger partial charge is 0.441 e. The molecule has 4 rings (SSSR count). The third-order valence-corrected chi connectivity index (χ3v) is 7.70. The number of aryl methyl sites for hydroxylation is 1. The van der Waals surface area contributed by atoms with Crippen LogP contribution in [-0.4, -0.2) is 33.9 Å². The van der Waals surface area contributed by atoms with Gasteiger partial charge in [0.1, 0.15) is 11.4 Å². The molecule has 3 N–H and O–H groups in total. The van der Waals surface area contributed by atoms with E-state index in [1.807, 2.05) is 11.5 Å². The second-order valence-corrected chi connectivity index (χ2v) is 10.5. The Bertz CT molecular complexity index is 1220. The molecule has 200 valence electrons. The van der Waals surface area contributed by atoms with Gasteiger partial charge in [-0.1, -0.05) is 48.9 Å². The number of nitrogens with two attached hydrogens (primary N) is 1. The van der Waals surface area contributed by atoms with Crippen LogP contribution in [0.15, 0.2) is 42.7 Å². The maximum Gasteiger partial charge on any atom is 0.405 e. The molecule has 37 heavy (non-hydrogen) atoms. The topological polar surface area (TPSA) is 91.4 Å². The lowest BCUT2D eigenvalue weighted by Gasteiger charge is -2.39. The molecule has 0 spiro atoms. The van der Waals surface area contributed by atoms with Gasteiger partial charge in [-0.2, -0.15) is 8.78 Å². The number of aromatic nitrogens is 2. The van der Waals surface area contributed by atoms with E-state index in [0.717, 1.165) is 36.7 Å². The molecule has 1 aromatic heterocycles. The Kier molecular flexibility index (Phi) is 8.64. The van der Waals surface area contributed by atoms with Gasteiger partial charge < -0.3 is 25.1 Å². The number of hydrogen-bond donors (Lipinski definition) is 2. The fourth-order valence-electron chi connectivity index (χ4n) is 5.24. The number of primary amides is 1. The molecule has 11 heteroatoms. The van der Waals surface area contributed by atoms with Gasteiger partial charge in [-0.3, -0.25) is 0 Å². The van der Waals surface area contributed by atoms with E-state index in [2.05, 4.69) is 15.0 Å². The monoisotopic (exact) mass is 554 g/mol. The molecule has 0 saturated heterocycles. The third-order valence-electron chi connectivity index (χ3n) is 6.98. The molecule has 1 aliphatic rings. The molecule has 7 nitrogen and oxygen atoms in total. The maximum absolute atomic E-state index is 12.6. The summed E-state index contributed by atoms with van der Waals surface area (Å²) in [4.78, 5) is 16.4. The number of anilines is 1. The van der Waals surface area contributed by atoms with E-state index in [1.54, 1.807) is 30.6 Å². The van der Waals surface area contributed by atoms with Crippen molar-refractivity contribution in [2.45, 2.75) is 70.2 Å². The lowest BCUT2D eigenvalue weighted by molar-refractivity contribution is -0.0498. The van der Waals surface area contributed by atoms with Gasteiger partial charge in [0.15, 0.2) is 0 Å². The van der Waals surface area contributed by atoms with Crippen molar-refractivity contribution >= 4 is 46.0 Å². The van der Waals surface area contributed by atoms with Crippen LogP contribution in [0.3, 0.4) is 0 Å². The molecule has 0 aliphatic heterocycles. The van der Waals surface area contributed by atoms with Crippen LogP contribution < -0.4 is 15.8 Å². The van der Waals surface area contributed by atoms with Gasteiger partial charge in [0.2, 0.25) is 0 Å². The average molecular weight is 555 g/mol. The third kappa shape index (κ3) is 6.96. The van der Waals surface area contributed by atoms with Crippen molar-refractivity contribution in [3.05, 3.63) is 52.8 Å². The van der Waals surface area contributed by atoms with Crippen molar-refractivity contribution in [1.29, 1.82) is 0 Å². The Hall–Kier alpha value is -2.78.